The second-order valence-electron chi connectivity index (χ2n) is 8.00. The Balaban J connectivity index is 1.88. The van der Waals surface area contributed by atoms with Crippen LogP contribution >= 0.6 is 0 Å². The van der Waals surface area contributed by atoms with Crippen molar-refractivity contribution in [1.82, 2.24) is 10.6 Å². The van der Waals surface area contributed by atoms with Gasteiger partial charge in [0.2, 0.25) is 0 Å². The first-order chi connectivity index (χ1) is 16.2. The van der Waals surface area contributed by atoms with Gasteiger partial charge in [0.25, 0.3) is 0 Å². The van der Waals surface area contributed by atoms with Gasteiger partial charge >= 0.3 is 0 Å². The number of Topliss-reactive ketones (excluding diaryl/α,β-unsaturated/α-hetero) is 2. The number of allylic oxidation sites excluding steroid dienone is 4. The molecule has 0 bridgehead atoms. The molecule has 3 rings (SSSR count). The van der Waals surface area contributed by atoms with Gasteiger partial charge in [0, 0.05) is 50.6 Å². The van der Waals surface area contributed by atoms with Gasteiger partial charge in [-0.15, -0.1) is 0 Å². The van der Waals surface area contributed by atoms with Crippen LogP contribution in [0.5, 0.6) is 0 Å². The minimum absolute atomic E-state index is 0.0323. The van der Waals surface area contributed by atoms with Gasteiger partial charge in [-0.3, -0.25) is 9.59 Å². The highest BCUT2D eigenvalue weighted by Gasteiger charge is 2.48. The molecule has 0 radical (unpaired) electrons. The number of hydrogen-bond acceptors (Lipinski definition) is 12. The molecule has 0 saturated carbocycles. The van der Waals surface area contributed by atoms with E-state index in [1.165, 1.54) is 12.2 Å². The molecule has 0 spiro atoms. The zero-order valence-electron chi connectivity index (χ0n) is 18.4. The summed E-state index contributed by atoms with van der Waals surface area (Å²) in [6, 6.07) is 3.25. The molecule has 1 aromatic carbocycles. The fraction of sp³-hybridized carbons (Fsp3) is 0.455. The number of carbonyl (C=O) groups is 2. The number of ketones is 2. The number of carbonyl (C=O) groups excluding carboxylic acids is 2. The van der Waals surface area contributed by atoms with Crippen LogP contribution < -0.4 is 21.3 Å². The molecule has 12 heteroatoms. The van der Waals surface area contributed by atoms with E-state index in [1.807, 2.05) is 0 Å². The van der Waals surface area contributed by atoms with Crippen molar-refractivity contribution in [3.8, 4) is 0 Å². The summed E-state index contributed by atoms with van der Waals surface area (Å²) >= 11 is 0. The van der Waals surface area contributed by atoms with E-state index in [-0.39, 0.29) is 35.7 Å². The second kappa shape index (κ2) is 11.4. The Labute approximate surface area is 195 Å². The number of nitrogens with one attached hydrogen (secondary N) is 4. The smallest absolute Gasteiger partial charge is 0.177 e. The van der Waals surface area contributed by atoms with Gasteiger partial charge in [-0.2, -0.15) is 0 Å². The van der Waals surface area contributed by atoms with Crippen LogP contribution in [0.15, 0.2) is 35.8 Å². The summed E-state index contributed by atoms with van der Waals surface area (Å²) < 4.78 is 0. The number of fused-ring (bicyclic) bond motifs is 2. The Bertz CT molecular complexity index is 899. The SMILES string of the molecule is O=C1c2c(NCCNCC(O)O)ccc(NCCNCC(O)O)c2C(=O)C2C(O)=CC=C(O)C12. The number of anilines is 2. The van der Waals surface area contributed by atoms with Crippen LogP contribution in [0.4, 0.5) is 11.4 Å². The molecule has 0 saturated heterocycles. The lowest BCUT2D eigenvalue weighted by atomic mass is 9.69. The molecule has 0 aliphatic heterocycles. The van der Waals surface area contributed by atoms with Gasteiger partial charge in [0.15, 0.2) is 24.1 Å². The molecular weight excluding hydrogens is 448 g/mol. The predicted octanol–water partition coefficient (Wildman–Crippen LogP) is -1.18. The highest BCUT2D eigenvalue weighted by atomic mass is 16.5. The first kappa shape index (κ1) is 25.6. The van der Waals surface area contributed by atoms with Crippen LogP contribution in [0.1, 0.15) is 20.7 Å². The number of benzene rings is 1. The van der Waals surface area contributed by atoms with Crippen LogP contribution in [0.2, 0.25) is 0 Å². The third-order valence-corrected chi connectivity index (χ3v) is 5.55. The van der Waals surface area contributed by atoms with E-state index < -0.39 is 36.0 Å². The van der Waals surface area contributed by atoms with Crippen molar-refractivity contribution in [2.45, 2.75) is 12.6 Å². The summed E-state index contributed by atoms with van der Waals surface area (Å²) in [5.74, 6) is -4.09. The van der Waals surface area contributed by atoms with E-state index in [9.17, 15) is 19.8 Å². The lowest BCUT2D eigenvalue weighted by Crippen LogP contribution is -2.41. The molecule has 12 nitrogen and oxygen atoms in total. The molecule has 0 fully saturated rings. The average molecular weight is 479 g/mol. The molecule has 10 N–H and O–H groups in total. The van der Waals surface area contributed by atoms with Crippen molar-refractivity contribution >= 4 is 22.9 Å². The Morgan fingerprint density at radius 1 is 0.676 bits per heavy atom. The lowest BCUT2D eigenvalue weighted by Gasteiger charge is -2.34. The normalized spacial score (nSPS) is 19.6. The molecule has 186 valence electrons. The van der Waals surface area contributed by atoms with Crippen molar-refractivity contribution in [2.75, 3.05) is 49.9 Å². The Morgan fingerprint density at radius 3 is 1.41 bits per heavy atom. The number of aliphatic hydroxyl groups excluding tert-OH is 4. The fourth-order valence-corrected chi connectivity index (χ4v) is 4.04. The molecule has 0 aromatic heterocycles. The summed E-state index contributed by atoms with van der Waals surface area (Å²) in [7, 11) is 0. The highest BCUT2D eigenvalue weighted by Crippen LogP contribution is 2.44. The largest absolute Gasteiger partial charge is 0.511 e. The van der Waals surface area contributed by atoms with E-state index in [1.54, 1.807) is 12.1 Å². The van der Waals surface area contributed by atoms with Crippen LogP contribution in [-0.4, -0.2) is 94.1 Å². The third kappa shape index (κ3) is 5.73. The third-order valence-electron chi connectivity index (χ3n) is 5.55. The average Bonchev–Trinajstić information content (AvgIpc) is 2.78. The molecule has 2 aliphatic carbocycles. The zero-order valence-corrected chi connectivity index (χ0v) is 18.4. The first-order valence-electron chi connectivity index (χ1n) is 10.9. The fourth-order valence-electron chi connectivity index (χ4n) is 4.04. The Hall–Kier alpha value is -3.00. The molecule has 0 amide bonds. The van der Waals surface area contributed by atoms with Crippen LogP contribution in [-0.2, 0) is 0 Å². The predicted molar refractivity (Wildman–Crippen MR) is 123 cm³/mol. The molecule has 2 unspecified atom stereocenters. The van der Waals surface area contributed by atoms with E-state index in [0.717, 1.165) is 0 Å². The van der Waals surface area contributed by atoms with Crippen molar-refractivity contribution in [3.05, 3.63) is 46.9 Å². The topological polar surface area (TPSA) is 204 Å². The van der Waals surface area contributed by atoms with Crippen LogP contribution in [0.25, 0.3) is 0 Å². The summed E-state index contributed by atoms with van der Waals surface area (Å²) in [5, 5.41) is 68.0. The van der Waals surface area contributed by atoms with E-state index >= 15 is 0 Å². The first-order valence-corrected chi connectivity index (χ1v) is 10.9. The summed E-state index contributed by atoms with van der Waals surface area (Å²) in [5.41, 5.74) is 0.915. The Morgan fingerprint density at radius 2 is 1.06 bits per heavy atom. The molecule has 2 aliphatic rings. The quantitative estimate of drug-likeness (QED) is 0.127. The van der Waals surface area contributed by atoms with Crippen molar-refractivity contribution in [1.29, 1.82) is 0 Å². The maximum absolute atomic E-state index is 13.4. The molecule has 2 atom stereocenters. The number of rotatable bonds is 12. The van der Waals surface area contributed by atoms with Crippen LogP contribution in [0.3, 0.4) is 0 Å². The van der Waals surface area contributed by atoms with Gasteiger partial charge in [0.1, 0.15) is 11.5 Å². The van der Waals surface area contributed by atoms with Gasteiger partial charge in [-0.1, -0.05) is 0 Å². The van der Waals surface area contributed by atoms with Gasteiger partial charge in [0.05, 0.1) is 23.0 Å². The molecular formula is C22H30N4O8. The summed E-state index contributed by atoms with van der Waals surface area (Å²) in [4.78, 5) is 26.9. The Kier molecular flexibility index (Phi) is 8.61. The van der Waals surface area contributed by atoms with Crippen molar-refractivity contribution in [3.63, 3.8) is 0 Å². The summed E-state index contributed by atoms with van der Waals surface area (Å²) in [6.45, 7) is 1.24. The maximum Gasteiger partial charge on any atom is 0.177 e. The van der Waals surface area contributed by atoms with Crippen molar-refractivity contribution in [2.24, 2.45) is 11.8 Å². The molecule has 34 heavy (non-hydrogen) atoms. The van der Waals surface area contributed by atoms with Crippen molar-refractivity contribution < 1.29 is 40.2 Å². The zero-order chi connectivity index (χ0) is 24.8. The monoisotopic (exact) mass is 478 g/mol. The van der Waals surface area contributed by atoms with Gasteiger partial charge < -0.3 is 51.9 Å². The standard InChI is InChI=1S/C22H30N4O8/c27-13-3-4-14(28)20-19(13)21(33)17-11(25-7-5-23-9-15(29)30)1-2-12(18(17)22(20)34)26-8-6-24-10-16(31)32/h1-4,15-16,19-20,23-32H,5-10H2. The van der Waals surface area contributed by atoms with Crippen LogP contribution in [0, 0.1) is 11.8 Å². The minimum atomic E-state index is -1.49. The molecule has 1 aromatic rings. The highest BCUT2D eigenvalue weighted by molar-refractivity contribution is 6.22. The van der Waals surface area contributed by atoms with E-state index in [2.05, 4.69) is 21.3 Å². The van der Waals surface area contributed by atoms with E-state index in [0.29, 0.717) is 37.6 Å². The minimum Gasteiger partial charge on any atom is -0.511 e. The van der Waals surface area contributed by atoms with Gasteiger partial charge in [-0.05, 0) is 24.3 Å². The second-order valence-corrected chi connectivity index (χ2v) is 8.00. The number of hydrogen-bond donors (Lipinski definition) is 10. The summed E-state index contributed by atoms with van der Waals surface area (Å²) in [6.07, 6.45) is -0.585. The maximum atomic E-state index is 13.4. The van der Waals surface area contributed by atoms with E-state index in [4.69, 9.17) is 20.4 Å². The van der Waals surface area contributed by atoms with Gasteiger partial charge in [-0.25, -0.2) is 0 Å². The molecule has 0 heterocycles. The lowest BCUT2D eigenvalue weighted by molar-refractivity contribution is -0.0374. The number of aliphatic hydroxyl groups is 6.